The predicted molar refractivity (Wildman–Crippen MR) is 69.2 cm³/mol. The first-order chi connectivity index (χ1) is 9.10. The van der Waals surface area contributed by atoms with Gasteiger partial charge >= 0.3 is 5.97 Å². The lowest BCUT2D eigenvalue weighted by molar-refractivity contribution is -0.139. The third-order valence-electron chi connectivity index (χ3n) is 3.22. The number of carboxylic acids is 1. The van der Waals surface area contributed by atoms with E-state index in [1.54, 1.807) is 31.4 Å². The van der Waals surface area contributed by atoms with Gasteiger partial charge in [-0.2, -0.15) is 0 Å². The highest BCUT2D eigenvalue weighted by Gasteiger charge is 2.30. The van der Waals surface area contributed by atoms with Gasteiger partial charge in [0, 0.05) is 5.56 Å². The maximum atomic E-state index is 11.9. The first kappa shape index (κ1) is 13.4. The SMILES string of the molecule is COc1ccc(C(=O)NC(CC2CC2)C(=O)O)cc1. The monoisotopic (exact) mass is 263 g/mol. The summed E-state index contributed by atoms with van der Waals surface area (Å²) in [6, 6.07) is 5.77. The molecule has 1 amide bonds. The van der Waals surface area contributed by atoms with Gasteiger partial charge in [-0.1, -0.05) is 12.8 Å². The smallest absolute Gasteiger partial charge is 0.326 e. The fourth-order valence-electron chi connectivity index (χ4n) is 1.89. The Hall–Kier alpha value is -2.04. The molecule has 0 heterocycles. The third-order valence-corrected chi connectivity index (χ3v) is 3.22. The van der Waals surface area contributed by atoms with E-state index in [2.05, 4.69) is 5.32 Å². The topological polar surface area (TPSA) is 75.6 Å². The Kier molecular flexibility index (Phi) is 4.04. The van der Waals surface area contributed by atoms with Gasteiger partial charge in [-0.25, -0.2) is 4.79 Å². The van der Waals surface area contributed by atoms with Crippen LogP contribution in [-0.4, -0.2) is 30.1 Å². The lowest BCUT2D eigenvalue weighted by Crippen LogP contribution is -2.41. The van der Waals surface area contributed by atoms with Gasteiger partial charge in [-0.05, 0) is 36.6 Å². The van der Waals surface area contributed by atoms with Crippen LogP contribution in [0.2, 0.25) is 0 Å². The van der Waals surface area contributed by atoms with Crippen LogP contribution in [0.15, 0.2) is 24.3 Å². The van der Waals surface area contributed by atoms with Crippen LogP contribution in [0.25, 0.3) is 0 Å². The number of methoxy groups -OCH3 is 1. The van der Waals surface area contributed by atoms with Crippen LogP contribution in [0.3, 0.4) is 0 Å². The van der Waals surface area contributed by atoms with Crippen molar-refractivity contribution in [2.45, 2.75) is 25.3 Å². The van der Waals surface area contributed by atoms with Crippen molar-refractivity contribution in [1.82, 2.24) is 5.32 Å². The largest absolute Gasteiger partial charge is 0.497 e. The van der Waals surface area contributed by atoms with E-state index >= 15 is 0 Å². The molecule has 2 rings (SSSR count). The summed E-state index contributed by atoms with van der Waals surface area (Å²) in [5.74, 6) is -0.244. The normalized spacial score (nSPS) is 15.6. The standard InChI is InChI=1S/C14H17NO4/c1-19-11-6-4-10(5-7-11)13(16)15-12(14(17)18)8-9-2-3-9/h4-7,9,12H,2-3,8H2,1H3,(H,15,16)(H,17,18). The molecule has 1 atom stereocenters. The summed E-state index contributed by atoms with van der Waals surface area (Å²) >= 11 is 0. The van der Waals surface area contributed by atoms with Crippen molar-refractivity contribution in [2.75, 3.05) is 7.11 Å². The molecular weight excluding hydrogens is 246 g/mol. The molecule has 1 fully saturated rings. The van der Waals surface area contributed by atoms with Gasteiger partial charge in [-0.15, -0.1) is 0 Å². The highest BCUT2D eigenvalue weighted by molar-refractivity contribution is 5.96. The van der Waals surface area contributed by atoms with Gasteiger partial charge in [0.15, 0.2) is 0 Å². The maximum absolute atomic E-state index is 11.9. The number of hydrogen-bond acceptors (Lipinski definition) is 3. The molecule has 1 aliphatic rings. The number of carbonyl (C=O) groups is 2. The number of carbonyl (C=O) groups excluding carboxylic acids is 1. The zero-order valence-electron chi connectivity index (χ0n) is 10.8. The highest BCUT2D eigenvalue weighted by Crippen LogP contribution is 2.33. The van der Waals surface area contributed by atoms with Gasteiger partial charge in [0.05, 0.1) is 7.11 Å². The van der Waals surface area contributed by atoms with E-state index in [-0.39, 0.29) is 5.91 Å². The van der Waals surface area contributed by atoms with Gasteiger partial charge < -0.3 is 15.2 Å². The number of rotatable bonds is 6. The van der Waals surface area contributed by atoms with E-state index in [1.807, 2.05) is 0 Å². The fourth-order valence-corrected chi connectivity index (χ4v) is 1.89. The van der Waals surface area contributed by atoms with E-state index in [0.717, 1.165) is 12.8 Å². The predicted octanol–water partition coefficient (Wildman–Crippen LogP) is 1.68. The highest BCUT2D eigenvalue weighted by atomic mass is 16.5. The van der Waals surface area contributed by atoms with Crippen molar-refractivity contribution in [3.63, 3.8) is 0 Å². The van der Waals surface area contributed by atoms with Crippen LogP contribution in [0.1, 0.15) is 29.6 Å². The van der Waals surface area contributed by atoms with Crippen LogP contribution in [-0.2, 0) is 4.79 Å². The number of amides is 1. The third kappa shape index (κ3) is 3.71. The van der Waals surface area contributed by atoms with E-state index in [4.69, 9.17) is 9.84 Å². The fraction of sp³-hybridized carbons (Fsp3) is 0.429. The average molecular weight is 263 g/mol. The summed E-state index contributed by atoms with van der Waals surface area (Å²) in [7, 11) is 1.55. The molecule has 5 nitrogen and oxygen atoms in total. The van der Waals surface area contributed by atoms with Crippen molar-refractivity contribution in [1.29, 1.82) is 0 Å². The van der Waals surface area contributed by atoms with Gasteiger partial charge in [-0.3, -0.25) is 4.79 Å². The molecule has 1 saturated carbocycles. The van der Waals surface area contributed by atoms with Crippen molar-refractivity contribution in [3.8, 4) is 5.75 Å². The van der Waals surface area contributed by atoms with E-state index in [9.17, 15) is 9.59 Å². The minimum absolute atomic E-state index is 0.365. The Morgan fingerprint density at radius 2 is 2.00 bits per heavy atom. The molecule has 102 valence electrons. The van der Waals surface area contributed by atoms with Crippen LogP contribution in [0.5, 0.6) is 5.75 Å². The molecular formula is C14H17NO4. The zero-order chi connectivity index (χ0) is 13.8. The van der Waals surface area contributed by atoms with Crippen LogP contribution in [0, 0.1) is 5.92 Å². The molecule has 0 bridgehead atoms. The molecule has 19 heavy (non-hydrogen) atoms. The second-order valence-electron chi connectivity index (χ2n) is 4.77. The Labute approximate surface area is 111 Å². The molecule has 0 aromatic heterocycles. The minimum Gasteiger partial charge on any atom is -0.497 e. The molecule has 1 aromatic rings. The molecule has 0 saturated heterocycles. The molecule has 1 unspecified atom stereocenters. The second kappa shape index (κ2) is 5.73. The summed E-state index contributed by atoms with van der Waals surface area (Å²) in [6.45, 7) is 0. The first-order valence-corrected chi connectivity index (χ1v) is 6.28. The molecule has 5 heteroatoms. The minimum atomic E-state index is -0.978. The Bertz CT molecular complexity index is 465. The van der Waals surface area contributed by atoms with Crippen LogP contribution in [0.4, 0.5) is 0 Å². The number of nitrogens with one attached hydrogen (secondary N) is 1. The van der Waals surface area contributed by atoms with Crippen molar-refractivity contribution in [2.24, 2.45) is 5.92 Å². The Morgan fingerprint density at radius 3 is 2.47 bits per heavy atom. The zero-order valence-corrected chi connectivity index (χ0v) is 10.8. The number of aliphatic carboxylic acids is 1. The number of carboxylic acid groups (broad SMARTS) is 1. The molecule has 1 aromatic carbocycles. The summed E-state index contributed by atoms with van der Waals surface area (Å²) in [5.41, 5.74) is 0.433. The van der Waals surface area contributed by atoms with Crippen LogP contribution < -0.4 is 10.1 Å². The molecule has 0 radical (unpaired) electrons. The summed E-state index contributed by atoms with van der Waals surface area (Å²) in [6.07, 6.45) is 2.63. The van der Waals surface area contributed by atoms with Gasteiger partial charge in [0.25, 0.3) is 5.91 Å². The van der Waals surface area contributed by atoms with E-state index in [0.29, 0.717) is 23.7 Å². The molecule has 0 aliphatic heterocycles. The van der Waals surface area contributed by atoms with Gasteiger partial charge in [0.1, 0.15) is 11.8 Å². The van der Waals surface area contributed by atoms with E-state index < -0.39 is 12.0 Å². The second-order valence-corrected chi connectivity index (χ2v) is 4.77. The lowest BCUT2D eigenvalue weighted by atomic mass is 10.1. The summed E-state index contributed by atoms with van der Waals surface area (Å²) < 4.78 is 5.00. The van der Waals surface area contributed by atoms with Crippen molar-refractivity contribution in [3.05, 3.63) is 29.8 Å². The Balaban J connectivity index is 1.98. The van der Waals surface area contributed by atoms with Crippen molar-refractivity contribution >= 4 is 11.9 Å². The number of ether oxygens (including phenoxy) is 1. The number of benzene rings is 1. The maximum Gasteiger partial charge on any atom is 0.326 e. The summed E-state index contributed by atoms with van der Waals surface area (Å²) in [5, 5.41) is 11.7. The van der Waals surface area contributed by atoms with Crippen molar-refractivity contribution < 1.29 is 19.4 Å². The Morgan fingerprint density at radius 1 is 1.37 bits per heavy atom. The molecule has 1 aliphatic carbocycles. The molecule has 2 N–H and O–H groups in total. The quantitative estimate of drug-likeness (QED) is 0.818. The lowest BCUT2D eigenvalue weighted by Gasteiger charge is -2.14. The molecule has 0 spiro atoms. The number of hydrogen-bond donors (Lipinski definition) is 2. The van der Waals surface area contributed by atoms with Crippen LogP contribution >= 0.6 is 0 Å². The average Bonchev–Trinajstić information content (AvgIpc) is 3.22. The van der Waals surface area contributed by atoms with E-state index in [1.165, 1.54) is 0 Å². The summed E-state index contributed by atoms with van der Waals surface area (Å²) in [4.78, 5) is 23.0. The van der Waals surface area contributed by atoms with Gasteiger partial charge in [0.2, 0.25) is 0 Å². The first-order valence-electron chi connectivity index (χ1n) is 6.28.